The van der Waals surface area contributed by atoms with E-state index in [4.69, 9.17) is 4.74 Å². The van der Waals surface area contributed by atoms with Crippen molar-refractivity contribution in [2.45, 2.75) is 13.2 Å². The molecule has 1 aliphatic rings. The molecule has 0 aromatic heterocycles. The van der Waals surface area contributed by atoms with Crippen LogP contribution in [0.1, 0.15) is 6.92 Å². The predicted molar refractivity (Wildman–Crippen MR) is 35.0 cm³/mol. The molecule has 1 heterocycles. The van der Waals surface area contributed by atoms with Gasteiger partial charge in [0, 0.05) is 6.61 Å². The van der Waals surface area contributed by atoms with E-state index in [9.17, 15) is 0 Å². The van der Waals surface area contributed by atoms with Crippen LogP contribution in [0.25, 0.3) is 0 Å². The maximum atomic E-state index is 5.18. The maximum Gasteiger partial charge on any atom is 0.147 e. The Bertz CT molecular complexity index is 104. The number of ether oxygens (including phenoxy) is 1. The molecule has 0 fully saturated rings. The topological polar surface area (TPSA) is 45.6 Å². The zero-order valence-electron chi connectivity index (χ0n) is 5.42. The van der Waals surface area contributed by atoms with E-state index in [1.54, 1.807) is 6.21 Å². The van der Waals surface area contributed by atoms with Crippen LogP contribution >= 0.6 is 0 Å². The molecule has 4 heteroatoms. The minimum absolute atomic E-state index is 0.00347. The fourth-order valence-electron chi connectivity index (χ4n) is 0.647. The number of hydrazone groups is 1. The van der Waals surface area contributed by atoms with E-state index >= 15 is 0 Å². The summed E-state index contributed by atoms with van der Waals surface area (Å²) >= 11 is 0. The Hall–Kier alpha value is -0.610. The summed E-state index contributed by atoms with van der Waals surface area (Å²) < 4.78 is 5.18. The fraction of sp³-hybridized carbons (Fsp3) is 0.800. The molecule has 1 aliphatic heterocycles. The highest BCUT2D eigenvalue weighted by atomic mass is 16.5. The van der Waals surface area contributed by atoms with E-state index in [1.807, 2.05) is 6.92 Å². The monoisotopic (exact) mass is 129 g/mol. The van der Waals surface area contributed by atoms with Crippen LogP contribution in [0.2, 0.25) is 0 Å². The molecule has 1 atom stereocenters. The Labute approximate surface area is 54.3 Å². The lowest BCUT2D eigenvalue weighted by molar-refractivity contribution is 0.0832. The second-order valence-electron chi connectivity index (χ2n) is 1.69. The number of hydrogen-bond acceptors (Lipinski definition) is 4. The zero-order valence-corrected chi connectivity index (χ0v) is 5.42. The minimum atomic E-state index is -0.00347. The molecular weight excluding hydrogens is 118 g/mol. The van der Waals surface area contributed by atoms with Crippen LogP contribution in [-0.2, 0) is 4.74 Å². The van der Waals surface area contributed by atoms with Crippen molar-refractivity contribution in [3.8, 4) is 0 Å². The molecule has 0 bridgehead atoms. The molecule has 52 valence electrons. The van der Waals surface area contributed by atoms with Gasteiger partial charge < -0.3 is 4.74 Å². The molecule has 0 amide bonds. The van der Waals surface area contributed by atoms with Crippen molar-refractivity contribution in [3.63, 3.8) is 0 Å². The summed E-state index contributed by atoms with van der Waals surface area (Å²) in [4.78, 5) is 0. The lowest BCUT2D eigenvalue weighted by Crippen LogP contribution is -2.42. The highest BCUT2D eigenvalue weighted by Gasteiger charge is 2.04. The lowest BCUT2D eigenvalue weighted by Gasteiger charge is -2.17. The molecule has 0 aliphatic carbocycles. The van der Waals surface area contributed by atoms with Gasteiger partial charge in [0.1, 0.15) is 6.23 Å². The van der Waals surface area contributed by atoms with Crippen LogP contribution in [0.3, 0.4) is 0 Å². The van der Waals surface area contributed by atoms with Crippen molar-refractivity contribution in [1.29, 1.82) is 0 Å². The number of nitrogens with one attached hydrogen (secondary N) is 2. The summed E-state index contributed by atoms with van der Waals surface area (Å²) in [5.41, 5.74) is 2.75. The summed E-state index contributed by atoms with van der Waals surface area (Å²) in [5.74, 6) is 0. The summed E-state index contributed by atoms with van der Waals surface area (Å²) in [7, 11) is 0. The third-order valence-corrected chi connectivity index (χ3v) is 1.03. The highest BCUT2D eigenvalue weighted by Crippen LogP contribution is 1.84. The van der Waals surface area contributed by atoms with Gasteiger partial charge >= 0.3 is 0 Å². The molecular formula is C5H11N3O. The summed E-state index contributed by atoms with van der Waals surface area (Å²) in [6, 6.07) is 0. The molecule has 2 N–H and O–H groups in total. The Morgan fingerprint density at radius 1 is 1.89 bits per heavy atom. The van der Waals surface area contributed by atoms with E-state index in [0.717, 1.165) is 0 Å². The zero-order chi connectivity index (χ0) is 6.53. The van der Waals surface area contributed by atoms with Gasteiger partial charge in [-0.2, -0.15) is 5.10 Å². The second-order valence-corrected chi connectivity index (χ2v) is 1.69. The quantitative estimate of drug-likeness (QED) is 0.527. The van der Waals surface area contributed by atoms with Crippen LogP contribution in [0.4, 0.5) is 0 Å². The van der Waals surface area contributed by atoms with Crippen molar-refractivity contribution in [3.05, 3.63) is 0 Å². The molecule has 0 saturated carbocycles. The van der Waals surface area contributed by atoms with Gasteiger partial charge in [-0.25, -0.2) is 0 Å². The van der Waals surface area contributed by atoms with Crippen molar-refractivity contribution in [2.75, 3.05) is 13.3 Å². The molecule has 1 rings (SSSR count). The van der Waals surface area contributed by atoms with Gasteiger partial charge in [0.2, 0.25) is 0 Å². The van der Waals surface area contributed by atoms with E-state index < -0.39 is 0 Å². The Morgan fingerprint density at radius 3 is 3.33 bits per heavy atom. The third-order valence-electron chi connectivity index (χ3n) is 1.03. The normalized spacial score (nSPS) is 25.7. The average Bonchev–Trinajstić information content (AvgIpc) is 1.91. The van der Waals surface area contributed by atoms with Gasteiger partial charge in [0.25, 0.3) is 0 Å². The Kier molecular flexibility index (Phi) is 2.48. The Balaban J connectivity index is 2.23. The second kappa shape index (κ2) is 3.42. The van der Waals surface area contributed by atoms with Crippen LogP contribution in [-0.4, -0.2) is 25.7 Å². The fourth-order valence-corrected chi connectivity index (χ4v) is 0.647. The molecule has 0 aromatic rings. The van der Waals surface area contributed by atoms with Crippen LogP contribution in [0, 0.1) is 0 Å². The van der Waals surface area contributed by atoms with Crippen molar-refractivity contribution >= 4 is 6.21 Å². The third kappa shape index (κ3) is 1.99. The molecule has 0 saturated heterocycles. The summed E-state index contributed by atoms with van der Waals surface area (Å²) in [6.07, 6.45) is 1.70. The first kappa shape index (κ1) is 6.51. The molecule has 9 heavy (non-hydrogen) atoms. The van der Waals surface area contributed by atoms with E-state index in [2.05, 4.69) is 15.8 Å². The van der Waals surface area contributed by atoms with Crippen molar-refractivity contribution in [2.24, 2.45) is 5.10 Å². The number of hydrogen-bond donors (Lipinski definition) is 2. The molecule has 1 unspecified atom stereocenters. The van der Waals surface area contributed by atoms with Crippen molar-refractivity contribution in [1.82, 2.24) is 10.7 Å². The average molecular weight is 129 g/mol. The lowest BCUT2D eigenvalue weighted by atomic mass is 10.6. The number of nitrogens with zero attached hydrogens (tertiary/aromatic N) is 1. The standard InChI is InChI=1S/C5H11N3O/c1-2-9-5-3-7-8-4-6-5/h3,5-6,8H,2,4H2,1H3. The maximum absolute atomic E-state index is 5.18. The van der Waals surface area contributed by atoms with E-state index in [-0.39, 0.29) is 6.23 Å². The first-order chi connectivity index (χ1) is 4.43. The SMILES string of the molecule is CCOC1C=NNCN1. The van der Waals surface area contributed by atoms with Gasteiger partial charge in [0.05, 0.1) is 12.9 Å². The summed E-state index contributed by atoms with van der Waals surface area (Å²) in [6.45, 7) is 3.35. The van der Waals surface area contributed by atoms with Gasteiger partial charge in [-0.15, -0.1) is 0 Å². The smallest absolute Gasteiger partial charge is 0.147 e. The van der Waals surface area contributed by atoms with Crippen LogP contribution in [0.5, 0.6) is 0 Å². The highest BCUT2D eigenvalue weighted by molar-refractivity contribution is 5.62. The molecule has 0 radical (unpaired) electrons. The van der Waals surface area contributed by atoms with Crippen LogP contribution in [0.15, 0.2) is 5.10 Å². The first-order valence-electron chi connectivity index (χ1n) is 3.04. The predicted octanol–water partition coefficient (Wildman–Crippen LogP) is -0.515. The summed E-state index contributed by atoms with van der Waals surface area (Å²) in [5, 5.41) is 6.85. The molecule has 4 nitrogen and oxygen atoms in total. The van der Waals surface area contributed by atoms with Gasteiger partial charge in [-0.3, -0.25) is 10.7 Å². The van der Waals surface area contributed by atoms with E-state index in [0.29, 0.717) is 13.3 Å². The molecule has 0 spiro atoms. The minimum Gasteiger partial charge on any atom is -0.358 e. The first-order valence-corrected chi connectivity index (χ1v) is 3.04. The van der Waals surface area contributed by atoms with Gasteiger partial charge in [0.15, 0.2) is 0 Å². The largest absolute Gasteiger partial charge is 0.358 e. The van der Waals surface area contributed by atoms with Crippen molar-refractivity contribution < 1.29 is 4.74 Å². The van der Waals surface area contributed by atoms with Gasteiger partial charge in [-0.1, -0.05) is 0 Å². The van der Waals surface area contributed by atoms with Crippen LogP contribution < -0.4 is 10.7 Å². The number of rotatable bonds is 2. The molecule has 0 aromatic carbocycles. The Morgan fingerprint density at radius 2 is 2.78 bits per heavy atom. The van der Waals surface area contributed by atoms with Gasteiger partial charge in [-0.05, 0) is 6.92 Å². The van der Waals surface area contributed by atoms with E-state index in [1.165, 1.54) is 0 Å².